The van der Waals surface area contributed by atoms with Crippen molar-refractivity contribution in [2.24, 2.45) is 0 Å². The minimum Gasteiger partial charge on any atom is -0.486 e. The van der Waals surface area contributed by atoms with Crippen LogP contribution in [0.3, 0.4) is 0 Å². The first-order valence-corrected chi connectivity index (χ1v) is 11.7. The summed E-state index contributed by atoms with van der Waals surface area (Å²) in [5, 5.41) is 9.06. The molecule has 0 amide bonds. The molecule has 0 radical (unpaired) electrons. The second kappa shape index (κ2) is 7.99. The summed E-state index contributed by atoms with van der Waals surface area (Å²) in [5.41, 5.74) is 3.83. The zero-order valence-electron chi connectivity index (χ0n) is 18.0. The molecule has 0 bridgehead atoms. The topological polar surface area (TPSA) is 44.9 Å². The third-order valence-corrected chi connectivity index (χ3v) is 8.37. The predicted molar refractivity (Wildman–Crippen MR) is 131 cm³/mol. The van der Waals surface area contributed by atoms with Crippen molar-refractivity contribution in [3.8, 4) is 20.2 Å². The van der Waals surface area contributed by atoms with Gasteiger partial charge < -0.3 is 10.0 Å². The molecule has 6 heteroatoms. The Morgan fingerprint density at radius 1 is 1.16 bits per heavy atom. The maximum Gasteiger partial charge on any atom is 0.333 e. The fourth-order valence-electron chi connectivity index (χ4n) is 4.20. The van der Waals surface area contributed by atoms with Crippen LogP contribution in [0.25, 0.3) is 31.1 Å². The zero-order valence-corrected chi connectivity index (χ0v) is 19.6. The highest BCUT2D eigenvalue weighted by molar-refractivity contribution is 7.24. The zero-order chi connectivity index (χ0) is 22.3. The Bertz CT molecular complexity index is 1230. The molecule has 1 atom stereocenters. The number of fused-ring (bicyclic) bond motifs is 1. The van der Waals surface area contributed by atoms with Crippen molar-refractivity contribution < 1.29 is 9.90 Å². The highest BCUT2D eigenvalue weighted by Crippen LogP contribution is 2.45. The van der Waals surface area contributed by atoms with Crippen molar-refractivity contribution in [3.05, 3.63) is 70.0 Å². The van der Waals surface area contributed by atoms with E-state index in [4.69, 9.17) is 11.7 Å². The van der Waals surface area contributed by atoms with Crippen molar-refractivity contribution in [1.82, 2.24) is 0 Å². The first-order chi connectivity index (χ1) is 14.7. The Hall–Kier alpha value is -2.88. The number of hydrogen-bond acceptors (Lipinski definition) is 4. The van der Waals surface area contributed by atoms with Gasteiger partial charge in [0.05, 0.1) is 6.57 Å². The van der Waals surface area contributed by atoms with E-state index in [-0.39, 0.29) is 11.2 Å². The van der Waals surface area contributed by atoms with Gasteiger partial charge in [-0.1, -0.05) is 13.0 Å². The van der Waals surface area contributed by atoms with Crippen molar-refractivity contribution in [1.29, 1.82) is 0 Å². The number of anilines is 1. The Morgan fingerprint density at radius 3 is 2.55 bits per heavy atom. The third kappa shape index (κ3) is 4.04. The number of carboxylic acid groups (broad SMARTS) is 1. The Kier molecular flexibility index (Phi) is 5.50. The SMILES string of the molecule is [C-]#[N+]/C(=C\c1ccc(-c2ccc(-c3ccc4c(c3)C(C)CC(C)(C)N4C)s2)s1)C(=O)O. The number of carbonyl (C=O) groups is 1. The monoisotopic (exact) mass is 448 g/mol. The van der Waals surface area contributed by atoms with E-state index in [9.17, 15) is 4.79 Å². The van der Waals surface area contributed by atoms with Gasteiger partial charge in [0.15, 0.2) is 0 Å². The Morgan fingerprint density at radius 2 is 1.84 bits per heavy atom. The van der Waals surface area contributed by atoms with E-state index >= 15 is 0 Å². The average Bonchev–Trinajstić information content (AvgIpc) is 3.39. The van der Waals surface area contributed by atoms with Gasteiger partial charge in [0.1, 0.15) is 0 Å². The van der Waals surface area contributed by atoms with Crippen molar-refractivity contribution in [2.45, 2.75) is 38.6 Å². The summed E-state index contributed by atoms with van der Waals surface area (Å²) in [7, 11) is 2.18. The molecule has 31 heavy (non-hydrogen) atoms. The minimum absolute atomic E-state index is 0.156. The molecule has 1 N–H and O–H groups in total. The molecular formula is C25H24N2O2S2. The molecule has 0 saturated carbocycles. The number of benzene rings is 1. The molecule has 0 aliphatic carbocycles. The predicted octanol–water partition coefficient (Wildman–Crippen LogP) is 7.21. The number of thiophene rings is 2. The summed E-state index contributed by atoms with van der Waals surface area (Å²) in [5.74, 6) is -0.683. The summed E-state index contributed by atoms with van der Waals surface area (Å²) in [6, 6.07) is 14.9. The summed E-state index contributed by atoms with van der Waals surface area (Å²) in [4.78, 5) is 20.8. The van der Waals surface area contributed by atoms with Gasteiger partial charge in [-0.05, 0) is 79.8 Å². The minimum atomic E-state index is -1.20. The van der Waals surface area contributed by atoms with Gasteiger partial charge in [-0.3, -0.25) is 4.79 Å². The molecule has 0 fully saturated rings. The van der Waals surface area contributed by atoms with Gasteiger partial charge >= 0.3 is 5.97 Å². The normalized spacial score (nSPS) is 17.8. The molecule has 1 aromatic carbocycles. The number of nitrogens with zero attached hydrogens (tertiary/aromatic N) is 2. The van der Waals surface area contributed by atoms with Crippen LogP contribution in [0.2, 0.25) is 0 Å². The van der Waals surface area contributed by atoms with Crippen LogP contribution in [0, 0.1) is 6.57 Å². The van der Waals surface area contributed by atoms with E-state index in [1.807, 2.05) is 12.1 Å². The number of carboxylic acids is 1. The van der Waals surface area contributed by atoms with Crippen LogP contribution in [0.1, 0.15) is 43.6 Å². The maximum atomic E-state index is 11.1. The van der Waals surface area contributed by atoms with E-state index in [2.05, 4.69) is 67.9 Å². The number of hydrogen-bond donors (Lipinski definition) is 1. The lowest BCUT2D eigenvalue weighted by molar-refractivity contribution is -0.132. The molecule has 0 spiro atoms. The van der Waals surface area contributed by atoms with E-state index in [0.717, 1.165) is 21.1 Å². The molecule has 1 unspecified atom stereocenters. The lowest BCUT2D eigenvalue weighted by Gasteiger charge is -2.45. The van der Waals surface area contributed by atoms with Crippen LogP contribution in [0.4, 0.5) is 5.69 Å². The van der Waals surface area contributed by atoms with Gasteiger partial charge in [0.25, 0.3) is 5.70 Å². The Balaban J connectivity index is 1.63. The van der Waals surface area contributed by atoms with Crippen LogP contribution < -0.4 is 4.90 Å². The second-order valence-electron chi connectivity index (χ2n) is 8.56. The highest BCUT2D eigenvalue weighted by Gasteiger charge is 2.34. The van der Waals surface area contributed by atoms with Gasteiger partial charge in [-0.25, -0.2) is 4.85 Å². The van der Waals surface area contributed by atoms with E-state index < -0.39 is 5.97 Å². The highest BCUT2D eigenvalue weighted by atomic mass is 32.1. The molecule has 1 aliphatic heterocycles. The molecule has 0 saturated heterocycles. The standard InChI is InChI=1S/C25H24N2O2S2/c1-15-14-25(2,3)27(5)20-8-6-16(12-18(15)20)21-10-11-23(31-21)22-9-7-17(30-22)13-19(26-4)24(28)29/h6-13,15H,14H2,1-3,5H3,(H,28,29)/b19-13-. The van der Waals surface area contributed by atoms with E-state index in [1.54, 1.807) is 11.3 Å². The maximum absolute atomic E-state index is 11.1. The van der Waals surface area contributed by atoms with Crippen LogP contribution >= 0.6 is 22.7 Å². The van der Waals surface area contributed by atoms with Crippen LogP contribution in [0.5, 0.6) is 0 Å². The van der Waals surface area contributed by atoms with Crippen molar-refractivity contribution in [3.63, 3.8) is 0 Å². The quantitative estimate of drug-likeness (QED) is 0.339. The lowest BCUT2D eigenvalue weighted by atomic mass is 9.80. The van der Waals surface area contributed by atoms with E-state index in [1.165, 1.54) is 39.1 Å². The largest absolute Gasteiger partial charge is 0.486 e. The number of rotatable bonds is 4. The summed E-state index contributed by atoms with van der Waals surface area (Å²) < 4.78 is 0. The molecule has 3 heterocycles. The first-order valence-electron chi connectivity index (χ1n) is 10.1. The molecule has 158 valence electrons. The molecular weight excluding hydrogens is 424 g/mol. The number of aliphatic carboxylic acids is 1. The van der Waals surface area contributed by atoms with Gasteiger partial charge in [0.2, 0.25) is 0 Å². The van der Waals surface area contributed by atoms with Crippen molar-refractivity contribution >= 4 is 40.4 Å². The van der Waals surface area contributed by atoms with Gasteiger partial charge in [0, 0.05) is 37.8 Å². The van der Waals surface area contributed by atoms with Crippen LogP contribution in [0.15, 0.2) is 48.2 Å². The smallest absolute Gasteiger partial charge is 0.333 e. The fraction of sp³-hybridized carbons (Fsp3) is 0.280. The summed E-state index contributed by atoms with van der Waals surface area (Å²) in [6.45, 7) is 13.9. The van der Waals surface area contributed by atoms with Gasteiger partial charge in [-0.15, -0.1) is 22.7 Å². The molecule has 4 nitrogen and oxygen atoms in total. The third-order valence-electron chi connectivity index (χ3n) is 6.01. The fourth-order valence-corrected chi connectivity index (χ4v) is 6.23. The molecule has 4 rings (SSSR count). The first kappa shape index (κ1) is 21.4. The summed E-state index contributed by atoms with van der Waals surface area (Å²) >= 11 is 3.23. The van der Waals surface area contributed by atoms with Crippen molar-refractivity contribution in [2.75, 3.05) is 11.9 Å². The van der Waals surface area contributed by atoms with Gasteiger partial charge in [-0.2, -0.15) is 0 Å². The Labute approximate surface area is 190 Å². The second-order valence-corrected chi connectivity index (χ2v) is 10.8. The summed E-state index contributed by atoms with van der Waals surface area (Å²) in [6.07, 6.45) is 2.56. The van der Waals surface area contributed by atoms with E-state index in [0.29, 0.717) is 5.92 Å². The molecule has 3 aromatic rings. The molecule has 2 aromatic heterocycles. The lowest BCUT2D eigenvalue weighted by Crippen LogP contribution is -2.45. The van der Waals surface area contributed by atoms with Crippen LogP contribution in [-0.4, -0.2) is 23.7 Å². The average molecular weight is 449 g/mol. The van der Waals surface area contributed by atoms with Crippen LogP contribution in [-0.2, 0) is 4.79 Å². The molecule has 1 aliphatic rings.